The van der Waals surface area contributed by atoms with Gasteiger partial charge in [-0.2, -0.15) is 5.10 Å². The minimum absolute atomic E-state index is 0.0548. The molecule has 0 radical (unpaired) electrons. The largest absolute Gasteiger partial charge is 0.486 e. The number of amides is 1. The molecular weight excluding hydrogens is 414 g/mol. The van der Waals surface area contributed by atoms with E-state index < -0.39 is 0 Å². The third-order valence-electron chi connectivity index (χ3n) is 4.88. The summed E-state index contributed by atoms with van der Waals surface area (Å²) < 4.78 is 13.1. The van der Waals surface area contributed by atoms with Crippen molar-refractivity contribution in [2.75, 3.05) is 18.4 Å². The first kappa shape index (κ1) is 21.3. The van der Waals surface area contributed by atoms with Gasteiger partial charge >= 0.3 is 0 Å². The number of aromatic nitrogens is 3. The molecule has 9 heteroatoms. The van der Waals surface area contributed by atoms with E-state index in [0.717, 1.165) is 22.1 Å². The summed E-state index contributed by atoms with van der Waals surface area (Å²) in [6, 6.07) is 9.71. The van der Waals surface area contributed by atoms with Gasteiger partial charge in [-0.1, -0.05) is 18.2 Å². The Bertz CT molecular complexity index is 980. The molecule has 3 aromatic rings. The topological polar surface area (TPSA) is 81.5 Å². The van der Waals surface area contributed by atoms with Crippen molar-refractivity contribution < 1.29 is 14.3 Å². The first-order chi connectivity index (χ1) is 15.0. The zero-order chi connectivity index (χ0) is 21.6. The summed E-state index contributed by atoms with van der Waals surface area (Å²) in [7, 11) is 0. The molecule has 2 atom stereocenters. The lowest BCUT2D eigenvalue weighted by Gasteiger charge is -2.35. The summed E-state index contributed by atoms with van der Waals surface area (Å²) in [4.78, 5) is 19.0. The Hall–Kier alpha value is -2.91. The van der Waals surface area contributed by atoms with E-state index >= 15 is 0 Å². The van der Waals surface area contributed by atoms with Crippen molar-refractivity contribution in [3.8, 4) is 5.75 Å². The highest BCUT2D eigenvalue weighted by atomic mass is 32.1. The van der Waals surface area contributed by atoms with Gasteiger partial charge in [0.2, 0.25) is 5.91 Å². The molecule has 1 aliphatic rings. The van der Waals surface area contributed by atoms with Crippen molar-refractivity contribution in [3.05, 3.63) is 58.8 Å². The van der Waals surface area contributed by atoms with E-state index in [1.807, 2.05) is 60.7 Å². The number of carbonyl (C=O) groups excluding carboxylic acids is 1. The Labute approximate surface area is 185 Å². The van der Waals surface area contributed by atoms with Gasteiger partial charge in [0.15, 0.2) is 0 Å². The van der Waals surface area contributed by atoms with Crippen LogP contribution in [-0.2, 0) is 29.2 Å². The number of nitrogens with zero attached hydrogens (tertiary/aromatic N) is 4. The van der Waals surface area contributed by atoms with Crippen LogP contribution in [0.4, 0.5) is 5.69 Å². The highest BCUT2D eigenvalue weighted by molar-refractivity contribution is 7.09. The van der Waals surface area contributed by atoms with Gasteiger partial charge in [0.1, 0.15) is 23.9 Å². The van der Waals surface area contributed by atoms with Crippen molar-refractivity contribution >= 4 is 22.9 Å². The molecule has 0 saturated carbocycles. The van der Waals surface area contributed by atoms with Crippen molar-refractivity contribution in [1.82, 2.24) is 19.7 Å². The molecule has 0 spiro atoms. The van der Waals surface area contributed by atoms with E-state index in [2.05, 4.69) is 15.4 Å². The summed E-state index contributed by atoms with van der Waals surface area (Å²) in [6.07, 6.45) is 3.69. The maximum Gasteiger partial charge on any atom is 0.244 e. The molecule has 1 fully saturated rings. The van der Waals surface area contributed by atoms with Crippen LogP contribution in [0.1, 0.15) is 24.5 Å². The minimum Gasteiger partial charge on any atom is -0.486 e. The molecule has 1 amide bonds. The van der Waals surface area contributed by atoms with Gasteiger partial charge in [0.25, 0.3) is 0 Å². The molecule has 1 aromatic carbocycles. The number of anilines is 1. The lowest BCUT2D eigenvalue weighted by atomic mass is 10.2. The second kappa shape index (κ2) is 9.93. The number of para-hydroxylation sites is 1. The Morgan fingerprint density at radius 3 is 2.81 bits per heavy atom. The number of hydrogen-bond donors (Lipinski definition) is 1. The van der Waals surface area contributed by atoms with Gasteiger partial charge in [0, 0.05) is 24.7 Å². The standard InChI is InChI=1S/C22H27N5O3S/c1-16-10-26(11-17(2)30-16)22(28)13-27-12-18(9-24-27)23-8-19-15-31-21(25-19)14-29-20-6-4-3-5-7-20/h3-7,9,12,15-17,23H,8,10-11,13-14H2,1-2H3/t16-,17-/m0/s1. The Kier molecular flexibility index (Phi) is 6.83. The highest BCUT2D eigenvalue weighted by Crippen LogP contribution is 2.16. The molecule has 8 nitrogen and oxygen atoms in total. The Balaban J connectivity index is 1.24. The van der Waals surface area contributed by atoms with E-state index in [-0.39, 0.29) is 24.7 Å². The lowest BCUT2D eigenvalue weighted by Crippen LogP contribution is -2.49. The van der Waals surface area contributed by atoms with Gasteiger partial charge in [-0.05, 0) is 26.0 Å². The smallest absolute Gasteiger partial charge is 0.244 e. The zero-order valence-corrected chi connectivity index (χ0v) is 18.5. The number of hydrogen-bond acceptors (Lipinski definition) is 7. The molecular formula is C22H27N5O3S. The fraction of sp³-hybridized carbons (Fsp3) is 0.409. The molecule has 0 aliphatic carbocycles. The Morgan fingerprint density at radius 2 is 2.03 bits per heavy atom. The van der Waals surface area contributed by atoms with Crippen molar-refractivity contribution in [2.24, 2.45) is 0 Å². The predicted molar refractivity (Wildman–Crippen MR) is 119 cm³/mol. The van der Waals surface area contributed by atoms with Crippen LogP contribution in [0.15, 0.2) is 48.1 Å². The predicted octanol–water partition coefficient (Wildman–Crippen LogP) is 3.17. The summed E-state index contributed by atoms with van der Waals surface area (Å²) >= 11 is 1.58. The maximum absolute atomic E-state index is 12.6. The molecule has 0 bridgehead atoms. The molecule has 31 heavy (non-hydrogen) atoms. The van der Waals surface area contributed by atoms with Crippen molar-refractivity contribution in [1.29, 1.82) is 0 Å². The first-order valence-electron chi connectivity index (χ1n) is 10.4. The van der Waals surface area contributed by atoms with Crippen LogP contribution in [-0.4, -0.2) is 50.9 Å². The molecule has 1 N–H and O–H groups in total. The summed E-state index contributed by atoms with van der Waals surface area (Å²) in [6.45, 7) is 6.48. The van der Waals surface area contributed by atoms with Crippen LogP contribution >= 0.6 is 11.3 Å². The number of thiazole rings is 1. The number of rotatable bonds is 8. The van der Waals surface area contributed by atoms with E-state index in [1.54, 1.807) is 22.2 Å². The third-order valence-corrected chi connectivity index (χ3v) is 5.75. The normalized spacial score (nSPS) is 18.7. The van der Waals surface area contributed by atoms with Crippen LogP contribution in [0.2, 0.25) is 0 Å². The zero-order valence-electron chi connectivity index (χ0n) is 17.7. The molecule has 1 saturated heterocycles. The molecule has 4 rings (SSSR count). The first-order valence-corrected chi connectivity index (χ1v) is 11.2. The van der Waals surface area contributed by atoms with Gasteiger partial charge < -0.3 is 19.7 Å². The quantitative estimate of drug-likeness (QED) is 0.578. The van der Waals surface area contributed by atoms with Crippen LogP contribution in [0.25, 0.3) is 0 Å². The molecule has 3 heterocycles. The lowest BCUT2D eigenvalue weighted by molar-refractivity contribution is -0.144. The second-order valence-corrected chi connectivity index (χ2v) is 8.61. The minimum atomic E-state index is 0.0548. The average molecular weight is 442 g/mol. The van der Waals surface area contributed by atoms with Crippen LogP contribution in [0.3, 0.4) is 0 Å². The van der Waals surface area contributed by atoms with E-state index in [9.17, 15) is 4.79 Å². The fourth-order valence-electron chi connectivity index (χ4n) is 3.51. The van der Waals surface area contributed by atoms with Gasteiger partial charge in [0.05, 0.1) is 36.3 Å². The van der Waals surface area contributed by atoms with Gasteiger partial charge in [-0.25, -0.2) is 4.98 Å². The number of ether oxygens (including phenoxy) is 2. The number of nitrogens with one attached hydrogen (secondary N) is 1. The van der Waals surface area contributed by atoms with Crippen molar-refractivity contribution in [2.45, 2.75) is 45.8 Å². The average Bonchev–Trinajstić information content (AvgIpc) is 3.40. The number of morpholine rings is 1. The highest BCUT2D eigenvalue weighted by Gasteiger charge is 2.25. The van der Waals surface area contributed by atoms with Gasteiger partial charge in [-0.3, -0.25) is 9.48 Å². The van der Waals surface area contributed by atoms with Crippen LogP contribution < -0.4 is 10.1 Å². The molecule has 164 valence electrons. The number of benzene rings is 1. The molecule has 2 aromatic heterocycles. The van der Waals surface area contributed by atoms with Crippen molar-refractivity contribution in [3.63, 3.8) is 0 Å². The monoisotopic (exact) mass is 441 g/mol. The van der Waals surface area contributed by atoms with Gasteiger partial charge in [-0.15, -0.1) is 11.3 Å². The maximum atomic E-state index is 12.6. The number of carbonyl (C=O) groups is 1. The second-order valence-electron chi connectivity index (χ2n) is 7.67. The van der Waals surface area contributed by atoms with E-state index in [4.69, 9.17) is 9.47 Å². The summed E-state index contributed by atoms with van der Waals surface area (Å²) in [5.41, 5.74) is 1.79. The molecule has 0 unspecified atom stereocenters. The summed E-state index contributed by atoms with van der Waals surface area (Å²) in [5.74, 6) is 0.888. The Morgan fingerprint density at radius 1 is 1.26 bits per heavy atom. The fourth-order valence-corrected chi connectivity index (χ4v) is 4.22. The van der Waals surface area contributed by atoms with Crippen LogP contribution in [0, 0.1) is 0 Å². The van der Waals surface area contributed by atoms with E-state index in [0.29, 0.717) is 26.2 Å². The SMILES string of the molecule is C[C@H]1CN(C(=O)Cn2cc(NCc3csc(COc4ccccc4)n3)cn2)C[C@H](C)O1. The van der Waals surface area contributed by atoms with Crippen LogP contribution in [0.5, 0.6) is 5.75 Å². The van der Waals surface area contributed by atoms with E-state index in [1.165, 1.54) is 0 Å². The summed E-state index contributed by atoms with van der Waals surface area (Å²) in [5, 5.41) is 10.6. The third kappa shape index (κ3) is 6.05. The molecule has 1 aliphatic heterocycles.